The number of fused-ring (bicyclic) bond motifs is 1. The van der Waals surface area contributed by atoms with E-state index in [0.717, 1.165) is 60.6 Å². The highest BCUT2D eigenvalue weighted by Gasteiger charge is 2.68. The monoisotopic (exact) mass is 469 g/mol. The third-order valence-corrected chi connectivity index (χ3v) is 7.12. The Hall–Kier alpha value is -3.92. The zero-order valence-corrected chi connectivity index (χ0v) is 19.0. The van der Waals surface area contributed by atoms with Gasteiger partial charge in [0.05, 0.1) is 30.3 Å². The molecule has 10 heteroatoms. The van der Waals surface area contributed by atoms with E-state index in [1.54, 1.807) is 28.0 Å². The second kappa shape index (κ2) is 7.54. The first-order valence-electron chi connectivity index (χ1n) is 11.8. The van der Waals surface area contributed by atoms with E-state index < -0.39 is 5.67 Å². The molecule has 0 spiro atoms. The van der Waals surface area contributed by atoms with Crippen molar-refractivity contribution in [3.63, 3.8) is 0 Å². The highest BCUT2D eigenvalue weighted by molar-refractivity contribution is 5.59. The average Bonchev–Trinajstić information content (AvgIpc) is 3.58. The van der Waals surface area contributed by atoms with Crippen LogP contribution in [0, 0.1) is 5.41 Å². The van der Waals surface area contributed by atoms with Gasteiger partial charge in [0.1, 0.15) is 17.0 Å². The number of imidazole rings is 1. The molecule has 0 aliphatic heterocycles. The lowest BCUT2D eigenvalue weighted by Gasteiger charge is -2.66. The van der Waals surface area contributed by atoms with Crippen LogP contribution in [0.2, 0.25) is 0 Å². The standard InChI is InChI=1S/C25H24FN9/c26-25-14-24(15-25,16-25)17-28-7-18-2-3-23-30-20(11-33(23)10-18)12-34-13-22(31-32-34)19-6-21(9-27-8-19)35-5-1-4-29-35/h1-6,8-11,13,28H,7,12,14-17H2. The van der Waals surface area contributed by atoms with Crippen molar-refractivity contribution in [2.24, 2.45) is 5.41 Å². The van der Waals surface area contributed by atoms with Crippen molar-refractivity contribution in [3.05, 3.63) is 78.9 Å². The SMILES string of the molecule is FC12CC(CNCc3ccc4nc(Cn5cc(-c6cncc(-n7cccn7)c6)nn5)cn4c3)(C1)C2. The predicted molar refractivity (Wildman–Crippen MR) is 126 cm³/mol. The smallest absolute Gasteiger partial charge is 0.137 e. The molecule has 176 valence electrons. The number of aromatic nitrogens is 8. The molecule has 5 aromatic rings. The van der Waals surface area contributed by atoms with Gasteiger partial charge in [-0.2, -0.15) is 5.10 Å². The van der Waals surface area contributed by atoms with Crippen LogP contribution < -0.4 is 5.32 Å². The maximum atomic E-state index is 13.7. The first kappa shape index (κ1) is 20.5. The van der Waals surface area contributed by atoms with Gasteiger partial charge in [0.2, 0.25) is 0 Å². The van der Waals surface area contributed by atoms with Crippen molar-refractivity contribution in [3.8, 4) is 16.9 Å². The molecule has 3 aliphatic rings. The van der Waals surface area contributed by atoms with E-state index in [1.165, 1.54) is 5.56 Å². The number of pyridine rings is 2. The predicted octanol–water partition coefficient (Wildman–Crippen LogP) is 3.20. The van der Waals surface area contributed by atoms with E-state index in [2.05, 4.69) is 38.0 Å². The molecule has 8 rings (SSSR count). The van der Waals surface area contributed by atoms with Crippen LogP contribution in [-0.2, 0) is 13.1 Å². The van der Waals surface area contributed by atoms with Gasteiger partial charge in [0.15, 0.2) is 0 Å². The number of alkyl halides is 1. The lowest BCUT2D eigenvalue weighted by molar-refractivity contribution is -0.209. The molecule has 35 heavy (non-hydrogen) atoms. The van der Waals surface area contributed by atoms with Crippen molar-refractivity contribution < 1.29 is 4.39 Å². The molecule has 5 aromatic heterocycles. The molecule has 1 N–H and O–H groups in total. The van der Waals surface area contributed by atoms with Gasteiger partial charge in [-0.05, 0) is 48.4 Å². The van der Waals surface area contributed by atoms with E-state index in [1.807, 2.05) is 41.2 Å². The first-order valence-corrected chi connectivity index (χ1v) is 11.8. The van der Waals surface area contributed by atoms with Crippen molar-refractivity contribution in [2.45, 2.75) is 38.0 Å². The highest BCUT2D eigenvalue weighted by atomic mass is 19.1. The van der Waals surface area contributed by atoms with Crippen LogP contribution in [0.1, 0.15) is 30.5 Å². The van der Waals surface area contributed by atoms with Crippen LogP contribution in [0.4, 0.5) is 4.39 Å². The van der Waals surface area contributed by atoms with Gasteiger partial charge in [-0.25, -0.2) is 18.7 Å². The van der Waals surface area contributed by atoms with Gasteiger partial charge >= 0.3 is 0 Å². The minimum Gasteiger partial charge on any atom is -0.312 e. The maximum Gasteiger partial charge on any atom is 0.137 e. The third kappa shape index (κ3) is 3.70. The molecule has 3 aliphatic carbocycles. The van der Waals surface area contributed by atoms with E-state index in [-0.39, 0.29) is 5.41 Å². The molecular formula is C25H24FN9. The zero-order valence-electron chi connectivity index (χ0n) is 19.0. The molecule has 0 unspecified atom stereocenters. The Morgan fingerprint density at radius 3 is 2.83 bits per heavy atom. The van der Waals surface area contributed by atoms with Crippen molar-refractivity contribution in [2.75, 3.05) is 6.54 Å². The fourth-order valence-corrected chi connectivity index (χ4v) is 5.58. The van der Waals surface area contributed by atoms with Crippen LogP contribution >= 0.6 is 0 Å². The molecular weight excluding hydrogens is 445 g/mol. The molecule has 3 saturated carbocycles. The Labute approximate surface area is 200 Å². The Balaban J connectivity index is 1.02. The molecule has 0 amide bonds. The second-order valence-electron chi connectivity index (χ2n) is 10.0. The summed E-state index contributed by atoms with van der Waals surface area (Å²) in [4.78, 5) is 9.04. The Morgan fingerprint density at radius 1 is 1.09 bits per heavy atom. The Kier molecular flexibility index (Phi) is 4.41. The minimum atomic E-state index is -0.833. The van der Waals surface area contributed by atoms with E-state index in [9.17, 15) is 4.39 Å². The van der Waals surface area contributed by atoms with Crippen LogP contribution in [-0.4, -0.2) is 51.4 Å². The molecule has 0 atom stereocenters. The summed E-state index contributed by atoms with van der Waals surface area (Å²) in [7, 11) is 0. The van der Waals surface area contributed by atoms with Crippen LogP contribution in [0.25, 0.3) is 22.6 Å². The number of halogens is 1. The minimum absolute atomic E-state index is 0.216. The second-order valence-corrected chi connectivity index (χ2v) is 10.0. The summed E-state index contributed by atoms with van der Waals surface area (Å²) in [5.74, 6) is 0. The van der Waals surface area contributed by atoms with E-state index in [0.29, 0.717) is 6.54 Å². The molecule has 0 radical (unpaired) electrons. The van der Waals surface area contributed by atoms with Crippen molar-refractivity contribution in [1.82, 2.24) is 44.5 Å². The van der Waals surface area contributed by atoms with Crippen LogP contribution in [0.3, 0.4) is 0 Å². The number of hydrogen-bond acceptors (Lipinski definition) is 6. The number of hydrogen-bond donors (Lipinski definition) is 1. The molecule has 9 nitrogen and oxygen atoms in total. The fourth-order valence-electron chi connectivity index (χ4n) is 5.58. The quantitative estimate of drug-likeness (QED) is 0.375. The molecule has 0 aromatic carbocycles. The average molecular weight is 470 g/mol. The maximum absolute atomic E-state index is 13.7. The lowest BCUT2D eigenvalue weighted by atomic mass is 9.42. The van der Waals surface area contributed by atoms with Crippen LogP contribution in [0.15, 0.2) is 67.6 Å². The molecule has 3 fully saturated rings. The van der Waals surface area contributed by atoms with Gasteiger partial charge in [-0.15, -0.1) is 5.10 Å². The summed E-state index contributed by atoms with van der Waals surface area (Å²) in [5.41, 5.74) is 4.83. The number of nitrogens with one attached hydrogen (secondary N) is 1. The summed E-state index contributed by atoms with van der Waals surface area (Å²) in [5, 5.41) is 16.4. The van der Waals surface area contributed by atoms with Crippen molar-refractivity contribution in [1.29, 1.82) is 0 Å². The topological polar surface area (TPSA) is 90.8 Å². The Bertz CT molecular complexity index is 1500. The molecule has 2 bridgehead atoms. The highest BCUT2D eigenvalue weighted by Crippen LogP contribution is 2.69. The summed E-state index contributed by atoms with van der Waals surface area (Å²) in [6.07, 6.45) is 15.3. The summed E-state index contributed by atoms with van der Waals surface area (Å²) in [6.45, 7) is 2.17. The van der Waals surface area contributed by atoms with Gasteiger partial charge < -0.3 is 9.72 Å². The van der Waals surface area contributed by atoms with Crippen LogP contribution in [0.5, 0.6) is 0 Å². The summed E-state index contributed by atoms with van der Waals surface area (Å²) >= 11 is 0. The number of rotatable bonds is 8. The van der Waals surface area contributed by atoms with Gasteiger partial charge in [0.25, 0.3) is 0 Å². The number of nitrogens with zero attached hydrogens (tertiary/aromatic N) is 8. The molecule has 0 saturated heterocycles. The van der Waals surface area contributed by atoms with Gasteiger partial charge in [-0.3, -0.25) is 4.98 Å². The largest absolute Gasteiger partial charge is 0.312 e. The Morgan fingerprint density at radius 2 is 2.00 bits per heavy atom. The first-order chi connectivity index (χ1) is 17.0. The van der Waals surface area contributed by atoms with Crippen molar-refractivity contribution >= 4 is 5.65 Å². The van der Waals surface area contributed by atoms with Gasteiger partial charge in [0, 0.05) is 49.6 Å². The molecule has 5 heterocycles. The summed E-state index contributed by atoms with van der Waals surface area (Å²) in [6, 6.07) is 7.97. The third-order valence-electron chi connectivity index (χ3n) is 7.12. The summed E-state index contributed by atoms with van der Waals surface area (Å²) < 4.78 is 19.3. The van der Waals surface area contributed by atoms with E-state index >= 15 is 0 Å². The zero-order chi connectivity index (χ0) is 23.5. The fraction of sp³-hybridized carbons (Fsp3) is 0.320. The lowest BCUT2D eigenvalue weighted by Crippen LogP contribution is -2.67. The normalized spacial score (nSPS) is 22.8. The van der Waals surface area contributed by atoms with Gasteiger partial charge in [-0.1, -0.05) is 11.3 Å². The van der Waals surface area contributed by atoms with E-state index in [4.69, 9.17) is 4.98 Å².